The van der Waals surface area contributed by atoms with Crippen LogP contribution in [0.15, 0.2) is 0 Å². The highest BCUT2D eigenvalue weighted by Crippen LogP contribution is 2.59. The molecule has 3 aliphatic rings. The van der Waals surface area contributed by atoms with Crippen molar-refractivity contribution < 1.29 is 9.53 Å². The van der Waals surface area contributed by atoms with Gasteiger partial charge in [0.05, 0.1) is 0 Å². The fraction of sp³-hybridized carbons (Fsp3) is 0.900. The Morgan fingerprint density at radius 2 is 2.14 bits per heavy atom. The number of ether oxygens (including phenoxy) is 1. The lowest BCUT2D eigenvalue weighted by atomic mass is 9.85. The SMILES string of the molecule is C1C2CN3C1C23.CC(C)(C)OC(N)=O. The number of primary amides is 1. The minimum atomic E-state index is -0.725. The van der Waals surface area contributed by atoms with Crippen LogP contribution in [0.4, 0.5) is 4.79 Å². The van der Waals surface area contributed by atoms with Gasteiger partial charge < -0.3 is 10.5 Å². The zero-order valence-electron chi connectivity index (χ0n) is 8.99. The fourth-order valence-corrected chi connectivity index (χ4v) is 2.34. The number of nitrogens with two attached hydrogens (primary N) is 1. The number of fused-ring (bicyclic) bond motifs is 1. The number of hydrogen-bond donors (Lipinski definition) is 1. The maximum atomic E-state index is 10.0. The topological polar surface area (TPSA) is 55.3 Å². The van der Waals surface area contributed by atoms with E-state index in [2.05, 4.69) is 9.64 Å². The maximum Gasteiger partial charge on any atom is 0.405 e. The van der Waals surface area contributed by atoms with Gasteiger partial charge in [-0.15, -0.1) is 0 Å². The molecule has 4 heteroatoms. The third-order valence-electron chi connectivity index (χ3n) is 2.99. The molecule has 14 heavy (non-hydrogen) atoms. The second kappa shape index (κ2) is 2.86. The van der Waals surface area contributed by atoms with E-state index < -0.39 is 11.7 Å². The molecule has 0 bridgehead atoms. The van der Waals surface area contributed by atoms with E-state index in [1.807, 2.05) is 0 Å². The van der Waals surface area contributed by atoms with E-state index >= 15 is 0 Å². The number of amides is 1. The molecular formula is C10H18N2O2. The quantitative estimate of drug-likeness (QED) is 0.590. The van der Waals surface area contributed by atoms with Crippen molar-refractivity contribution in [1.29, 1.82) is 0 Å². The van der Waals surface area contributed by atoms with Crippen molar-refractivity contribution in [3.63, 3.8) is 0 Å². The van der Waals surface area contributed by atoms with Crippen LogP contribution in [0.5, 0.6) is 0 Å². The van der Waals surface area contributed by atoms with Gasteiger partial charge in [-0.25, -0.2) is 4.79 Å². The summed E-state index contributed by atoms with van der Waals surface area (Å²) in [6, 6.07) is 2.24. The average Bonchev–Trinajstić information content (AvgIpc) is 2.33. The first kappa shape index (κ1) is 9.77. The van der Waals surface area contributed by atoms with Gasteiger partial charge in [0.1, 0.15) is 5.60 Å². The predicted octanol–water partition coefficient (Wildman–Crippen LogP) is 0.953. The number of carbonyl (C=O) groups excluding carboxylic acids is 1. The number of piperidine rings is 1. The highest BCUT2D eigenvalue weighted by molar-refractivity contribution is 5.65. The van der Waals surface area contributed by atoms with Gasteiger partial charge >= 0.3 is 6.09 Å². The standard InChI is InChI=1S/C5H11NO2.C5H7N/c1-5(2,3)8-4(6)7;1-3-2-6-4(1)5(3)6/h1-3H3,(H2,6,7);3-5H,1-2H2. The Bertz CT molecular complexity index is 230. The molecule has 2 saturated heterocycles. The molecule has 4 nitrogen and oxygen atoms in total. The predicted molar refractivity (Wildman–Crippen MR) is 52.8 cm³/mol. The van der Waals surface area contributed by atoms with Gasteiger partial charge in [-0.1, -0.05) is 0 Å². The van der Waals surface area contributed by atoms with Crippen LogP contribution in [-0.2, 0) is 4.74 Å². The average molecular weight is 198 g/mol. The highest BCUT2D eigenvalue weighted by atomic mass is 16.6. The van der Waals surface area contributed by atoms with Gasteiger partial charge in [0, 0.05) is 18.6 Å². The van der Waals surface area contributed by atoms with Crippen molar-refractivity contribution in [3.05, 3.63) is 0 Å². The molecule has 1 saturated carbocycles. The summed E-state index contributed by atoms with van der Waals surface area (Å²) < 4.78 is 4.58. The minimum Gasteiger partial charge on any atom is -0.444 e. The van der Waals surface area contributed by atoms with E-state index in [0.29, 0.717) is 0 Å². The summed E-state index contributed by atoms with van der Waals surface area (Å²) in [5, 5.41) is 0. The Hall–Kier alpha value is -0.770. The van der Waals surface area contributed by atoms with E-state index in [1.165, 1.54) is 12.5 Å². The molecule has 0 spiro atoms. The molecule has 80 valence electrons. The van der Waals surface area contributed by atoms with E-state index in [-0.39, 0.29) is 0 Å². The summed E-state index contributed by atoms with van der Waals surface area (Å²) in [5.74, 6) is 1.18. The van der Waals surface area contributed by atoms with Crippen LogP contribution in [0.1, 0.15) is 27.2 Å². The first-order valence-corrected chi connectivity index (χ1v) is 5.13. The highest BCUT2D eigenvalue weighted by Gasteiger charge is 2.69. The van der Waals surface area contributed by atoms with Crippen LogP contribution in [0.2, 0.25) is 0 Å². The molecule has 0 aromatic rings. The van der Waals surface area contributed by atoms with Crippen molar-refractivity contribution in [3.8, 4) is 0 Å². The number of carbonyl (C=O) groups is 1. The summed E-state index contributed by atoms with van der Waals surface area (Å²) in [4.78, 5) is 12.6. The van der Waals surface area contributed by atoms with Crippen molar-refractivity contribution >= 4 is 6.09 Å². The molecule has 1 aliphatic carbocycles. The van der Waals surface area contributed by atoms with Crippen LogP contribution < -0.4 is 5.73 Å². The summed E-state index contributed by atoms with van der Waals surface area (Å²) in [5.41, 5.74) is 4.26. The summed E-state index contributed by atoms with van der Waals surface area (Å²) in [6.07, 6.45) is 0.822. The van der Waals surface area contributed by atoms with Gasteiger partial charge in [0.2, 0.25) is 0 Å². The molecule has 0 aromatic heterocycles. The molecule has 0 aromatic carbocycles. The molecule has 1 amide bonds. The fourth-order valence-electron chi connectivity index (χ4n) is 2.34. The Labute approximate surface area is 84.4 Å². The number of hydrogen-bond acceptors (Lipinski definition) is 3. The molecule has 4 atom stereocenters. The molecule has 2 heterocycles. The Balaban J connectivity index is 0.000000108. The first-order valence-electron chi connectivity index (χ1n) is 5.13. The molecule has 0 radical (unpaired) electrons. The van der Waals surface area contributed by atoms with Gasteiger partial charge in [0.15, 0.2) is 0 Å². The lowest BCUT2D eigenvalue weighted by Crippen LogP contribution is -2.33. The molecule has 3 fully saturated rings. The molecule has 2 N–H and O–H groups in total. The monoisotopic (exact) mass is 198 g/mol. The van der Waals surface area contributed by atoms with Crippen molar-refractivity contribution in [2.24, 2.45) is 11.7 Å². The second-order valence-corrected chi connectivity index (χ2v) is 5.28. The van der Waals surface area contributed by atoms with Crippen LogP contribution >= 0.6 is 0 Å². The van der Waals surface area contributed by atoms with Crippen LogP contribution in [-0.4, -0.2) is 35.2 Å². The van der Waals surface area contributed by atoms with Crippen molar-refractivity contribution in [2.75, 3.05) is 6.54 Å². The summed E-state index contributed by atoms with van der Waals surface area (Å²) >= 11 is 0. The van der Waals surface area contributed by atoms with Crippen molar-refractivity contribution in [1.82, 2.24) is 4.90 Å². The third-order valence-corrected chi connectivity index (χ3v) is 2.99. The molecule has 2 aliphatic heterocycles. The Morgan fingerprint density at radius 1 is 1.50 bits per heavy atom. The largest absolute Gasteiger partial charge is 0.444 e. The lowest BCUT2D eigenvalue weighted by Gasteiger charge is -2.24. The Kier molecular flexibility index (Phi) is 2.00. The van der Waals surface area contributed by atoms with Crippen molar-refractivity contribution in [2.45, 2.75) is 44.9 Å². The number of rotatable bonds is 0. The smallest absolute Gasteiger partial charge is 0.405 e. The summed E-state index contributed by atoms with van der Waals surface area (Å²) in [7, 11) is 0. The van der Waals surface area contributed by atoms with Crippen LogP contribution in [0.3, 0.4) is 0 Å². The minimum absolute atomic E-state index is 0.453. The van der Waals surface area contributed by atoms with E-state index in [1.54, 1.807) is 27.2 Å². The molecule has 4 unspecified atom stereocenters. The summed E-state index contributed by atoms with van der Waals surface area (Å²) in [6.45, 7) is 6.74. The normalized spacial score (nSPS) is 40.5. The maximum absolute atomic E-state index is 10.0. The third kappa shape index (κ3) is 1.71. The van der Waals surface area contributed by atoms with E-state index in [0.717, 1.165) is 12.1 Å². The van der Waals surface area contributed by atoms with E-state index in [9.17, 15) is 4.79 Å². The van der Waals surface area contributed by atoms with Crippen LogP contribution in [0, 0.1) is 5.92 Å². The second-order valence-electron chi connectivity index (χ2n) is 5.28. The van der Waals surface area contributed by atoms with Crippen LogP contribution in [0.25, 0.3) is 0 Å². The Morgan fingerprint density at radius 3 is 2.14 bits per heavy atom. The van der Waals surface area contributed by atoms with Gasteiger partial charge in [-0.05, 0) is 33.1 Å². The molecule has 3 rings (SSSR count). The number of nitrogens with zero attached hydrogens (tertiary/aromatic N) is 1. The molecular weight excluding hydrogens is 180 g/mol. The van der Waals surface area contributed by atoms with Gasteiger partial charge in [-0.3, -0.25) is 4.90 Å². The van der Waals surface area contributed by atoms with Gasteiger partial charge in [0.25, 0.3) is 0 Å². The first-order chi connectivity index (χ1) is 6.38. The van der Waals surface area contributed by atoms with E-state index in [4.69, 9.17) is 5.73 Å². The lowest BCUT2D eigenvalue weighted by molar-refractivity contribution is 0.0600. The zero-order valence-corrected chi connectivity index (χ0v) is 8.99. The zero-order chi connectivity index (χ0) is 10.5. The van der Waals surface area contributed by atoms with Gasteiger partial charge in [-0.2, -0.15) is 0 Å².